The number of aliphatic hydroxyl groups excluding tert-OH is 1. The van der Waals surface area contributed by atoms with Gasteiger partial charge in [-0.2, -0.15) is 0 Å². The Morgan fingerprint density at radius 2 is 2.09 bits per heavy atom. The number of β-amino-alcohol motifs (C(OH)–C–C–N with tert-alkyl or cyclic N) is 1. The van der Waals surface area contributed by atoms with Crippen molar-refractivity contribution in [1.29, 1.82) is 0 Å². The van der Waals surface area contributed by atoms with Gasteiger partial charge in [-0.15, -0.1) is 0 Å². The van der Waals surface area contributed by atoms with Crippen LogP contribution in [-0.4, -0.2) is 76.0 Å². The monoisotopic (exact) mass is 513 g/mol. The summed E-state index contributed by atoms with van der Waals surface area (Å²) in [5, 5.41) is 11.5. The van der Waals surface area contributed by atoms with Crippen LogP contribution in [0.2, 0.25) is 5.02 Å². The molecule has 3 heterocycles. The molecule has 11 heteroatoms. The van der Waals surface area contributed by atoms with E-state index in [9.17, 15) is 9.90 Å². The van der Waals surface area contributed by atoms with Crippen LogP contribution in [0.15, 0.2) is 48.8 Å². The normalized spacial score (nSPS) is 15.4. The highest BCUT2D eigenvalue weighted by atomic mass is 35.5. The number of morpholine rings is 1. The standard InChI is InChI=1S/C24H24ClN5O4S/c25-16-3-1-2-15(10-16)21-22(23(26)32)35-24(28-21)30-14-27-19-5-4-18(11-20(19)30)34-13-17(31)12-29-6-8-33-9-7-29/h1-5,10-11,14,17,31H,6-9,12-13H2,(H2,26,32). The fraction of sp³-hybridized carbons (Fsp3) is 0.292. The van der Waals surface area contributed by atoms with Crippen LogP contribution in [0.4, 0.5) is 0 Å². The zero-order chi connectivity index (χ0) is 24.4. The molecule has 5 rings (SSSR count). The second-order valence-electron chi connectivity index (χ2n) is 8.19. The molecule has 0 radical (unpaired) electrons. The van der Waals surface area contributed by atoms with Crippen LogP contribution in [0.5, 0.6) is 5.75 Å². The predicted octanol–water partition coefficient (Wildman–Crippen LogP) is 2.97. The minimum atomic E-state index is -0.619. The molecule has 35 heavy (non-hydrogen) atoms. The Hall–Kier alpha value is -3.02. The van der Waals surface area contributed by atoms with Gasteiger partial charge in [0.05, 0.1) is 29.9 Å². The molecule has 1 unspecified atom stereocenters. The quantitative estimate of drug-likeness (QED) is 0.372. The van der Waals surface area contributed by atoms with E-state index in [4.69, 9.17) is 26.8 Å². The Morgan fingerprint density at radius 1 is 1.26 bits per heavy atom. The van der Waals surface area contributed by atoms with Gasteiger partial charge in [0.1, 0.15) is 29.7 Å². The van der Waals surface area contributed by atoms with E-state index in [0.29, 0.717) is 51.8 Å². The number of rotatable bonds is 8. The van der Waals surface area contributed by atoms with Gasteiger partial charge in [-0.05, 0) is 24.3 Å². The summed E-state index contributed by atoms with van der Waals surface area (Å²) in [6.07, 6.45) is 1.03. The summed E-state index contributed by atoms with van der Waals surface area (Å²) in [5.41, 5.74) is 8.32. The van der Waals surface area contributed by atoms with E-state index in [1.54, 1.807) is 29.1 Å². The van der Waals surface area contributed by atoms with Crippen LogP contribution in [0.3, 0.4) is 0 Å². The predicted molar refractivity (Wildman–Crippen MR) is 134 cm³/mol. The zero-order valence-electron chi connectivity index (χ0n) is 18.8. The lowest BCUT2D eigenvalue weighted by Crippen LogP contribution is -2.42. The van der Waals surface area contributed by atoms with Crippen molar-refractivity contribution >= 4 is 39.9 Å². The third-order valence-corrected chi connectivity index (χ3v) is 6.98. The molecular formula is C24H24ClN5O4S. The Bertz CT molecular complexity index is 1350. The SMILES string of the molecule is NC(=O)c1sc(-n2cnc3ccc(OCC(O)CN4CCOCC4)cc32)nc1-c1cccc(Cl)c1. The molecule has 2 aromatic heterocycles. The summed E-state index contributed by atoms with van der Waals surface area (Å²) in [5.74, 6) is 0.0356. The van der Waals surface area contributed by atoms with E-state index in [0.717, 1.165) is 24.1 Å². The van der Waals surface area contributed by atoms with E-state index in [2.05, 4.69) is 14.9 Å². The minimum absolute atomic E-state index is 0.166. The van der Waals surface area contributed by atoms with Crippen molar-refractivity contribution < 1.29 is 19.4 Å². The number of hydrogen-bond acceptors (Lipinski definition) is 8. The molecule has 1 fully saturated rings. The third kappa shape index (κ3) is 5.31. The molecule has 1 saturated heterocycles. The van der Waals surface area contributed by atoms with E-state index in [1.807, 2.05) is 24.3 Å². The number of primary amides is 1. The maximum atomic E-state index is 12.2. The molecule has 1 atom stereocenters. The lowest BCUT2D eigenvalue weighted by molar-refractivity contribution is 0.00466. The first-order valence-corrected chi connectivity index (χ1v) is 12.3. The molecule has 0 spiro atoms. The number of aromatic nitrogens is 3. The lowest BCUT2D eigenvalue weighted by Gasteiger charge is -2.28. The number of nitrogens with zero attached hydrogens (tertiary/aromatic N) is 4. The molecule has 182 valence electrons. The number of amides is 1. The van der Waals surface area contributed by atoms with Gasteiger partial charge in [0.15, 0.2) is 5.13 Å². The summed E-state index contributed by atoms with van der Waals surface area (Å²) in [6.45, 7) is 3.67. The van der Waals surface area contributed by atoms with Gasteiger partial charge in [-0.3, -0.25) is 14.3 Å². The highest BCUT2D eigenvalue weighted by Gasteiger charge is 2.20. The highest BCUT2D eigenvalue weighted by Crippen LogP contribution is 2.33. The summed E-state index contributed by atoms with van der Waals surface area (Å²) >= 11 is 7.32. The number of carbonyl (C=O) groups excluding carboxylic acids is 1. The van der Waals surface area contributed by atoms with Crippen molar-refractivity contribution in [3.8, 4) is 22.1 Å². The van der Waals surface area contributed by atoms with Crippen molar-refractivity contribution in [2.45, 2.75) is 6.10 Å². The molecule has 1 aliphatic heterocycles. The number of ether oxygens (including phenoxy) is 2. The summed E-state index contributed by atoms with van der Waals surface area (Å²) in [7, 11) is 0. The summed E-state index contributed by atoms with van der Waals surface area (Å²) < 4.78 is 13.0. The minimum Gasteiger partial charge on any atom is -0.491 e. The average Bonchev–Trinajstić information content (AvgIpc) is 3.48. The van der Waals surface area contributed by atoms with Crippen LogP contribution in [0.1, 0.15) is 9.67 Å². The van der Waals surface area contributed by atoms with Crippen LogP contribution in [0.25, 0.3) is 27.4 Å². The maximum Gasteiger partial charge on any atom is 0.261 e. The van der Waals surface area contributed by atoms with Gasteiger partial charge in [-0.1, -0.05) is 35.1 Å². The number of carbonyl (C=O) groups is 1. The van der Waals surface area contributed by atoms with E-state index >= 15 is 0 Å². The Kier molecular flexibility index (Phi) is 6.98. The van der Waals surface area contributed by atoms with Crippen LogP contribution < -0.4 is 10.5 Å². The van der Waals surface area contributed by atoms with Crippen molar-refractivity contribution in [2.24, 2.45) is 5.73 Å². The number of benzene rings is 2. The molecule has 0 aliphatic carbocycles. The summed E-state index contributed by atoms with van der Waals surface area (Å²) in [4.78, 5) is 23.8. The van der Waals surface area contributed by atoms with Crippen LogP contribution in [-0.2, 0) is 4.74 Å². The molecule has 0 bridgehead atoms. The molecule has 2 aromatic carbocycles. The summed E-state index contributed by atoms with van der Waals surface area (Å²) in [6, 6.07) is 12.6. The highest BCUT2D eigenvalue weighted by molar-refractivity contribution is 7.16. The first-order valence-electron chi connectivity index (χ1n) is 11.1. The fourth-order valence-electron chi connectivity index (χ4n) is 3.97. The number of aliphatic hydroxyl groups is 1. The lowest BCUT2D eigenvalue weighted by atomic mass is 10.1. The molecule has 1 aliphatic rings. The van der Waals surface area contributed by atoms with Gasteiger partial charge in [0.2, 0.25) is 0 Å². The number of thiazole rings is 1. The van der Waals surface area contributed by atoms with Crippen molar-refractivity contribution in [3.05, 3.63) is 58.7 Å². The number of imidazole rings is 1. The van der Waals surface area contributed by atoms with Crippen molar-refractivity contribution in [3.63, 3.8) is 0 Å². The third-order valence-electron chi connectivity index (χ3n) is 5.68. The second kappa shape index (κ2) is 10.3. The number of nitrogens with two attached hydrogens (primary N) is 1. The molecule has 0 saturated carbocycles. The van der Waals surface area contributed by atoms with E-state index in [-0.39, 0.29) is 6.61 Å². The molecule has 4 aromatic rings. The second-order valence-corrected chi connectivity index (χ2v) is 9.61. The van der Waals surface area contributed by atoms with Crippen LogP contribution in [0, 0.1) is 0 Å². The molecule has 9 nitrogen and oxygen atoms in total. The first-order chi connectivity index (χ1) is 17.0. The largest absolute Gasteiger partial charge is 0.491 e. The van der Waals surface area contributed by atoms with Gasteiger partial charge in [0.25, 0.3) is 5.91 Å². The molecular weight excluding hydrogens is 490 g/mol. The fourth-order valence-corrected chi connectivity index (χ4v) is 5.08. The van der Waals surface area contributed by atoms with Gasteiger partial charge in [-0.25, -0.2) is 9.97 Å². The Morgan fingerprint density at radius 3 is 2.86 bits per heavy atom. The van der Waals surface area contributed by atoms with E-state index < -0.39 is 12.0 Å². The zero-order valence-corrected chi connectivity index (χ0v) is 20.3. The van der Waals surface area contributed by atoms with Crippen molar-refractivity contribution in [1.82, 2.24) is 19.4 Å². The molecule has 1 amide bonds. The average molecular weight is 514 g/mol. The number of fused-ring (bicyclic) bond motifs is 1. The smallest absolute Gasteiger partial charge is 0.261 e. The Labute approximate surface area is 210 Å². The van der Waals surface area contributed by atoms with Gasteiger partial charge in [0, 0.05) is 36.3 Å². The van der Waals surface area contributed by atoms with E-state index in [1.165, 1.54) is 11.3 Å². The topological polar surface area (TPSA) is 116 Å². The molecule has 3 N–H and O–H groups in total. The maximum absolute atomic E-state index is 12.2. The van der Waals surface area contributed by atoms with Gasteiger partial charge < -0.3 is 20.3 Å². The number of halogens is 1. The van der Waals surface area contributed by atoms with Gasteiger partial charge >= 0.3 is 0 Å². The Balaban J connectivity index is 1.39. The number of hydrogen-bond donors (Lipinski definition) is 2. The van der Waals surface area contributed by atoms with Crippen molar-refractivity contribution in [2.75, 3.05) is 39.5 Å². The first kappa shape index (κ1) is 23.7. The van der Waals surface area contributed by atoms with Crippen LogP contribution >= 0.6 is 22.9 Å².